The molecule has 3 unspecified atom stereocenters. The Morgan fingerprint density at radius 1 is 1.43 bits per heavy atom. The molecule has 7 heteroatoms. The van der Waals surface area contributed by atoms with Gasteiger partial charge in [-0.3, -0.25) is 4.99 Å². The van der Waals surface area contributed by atoms with Gasteiger partial charge in [0.25, 0.3) is 0 Å². The molecule has 1 aromatic carbocycles. The second-order valence-corrected chi connectivity index (χ2v) is 6.85. The van der Waals surface area contributed by atoms with Gasteiger partial charge in [-0.2, -0.15) is 0 Å². The molecule has 0 amide bonds. The van der Waals surface area contributed by atoms with Gasteiger partial charge in [0.1, 0.15) is 18.5 Å². The van der Waals surface area contributed by atoms with Gasteiger partial charge in [-0.25, -0.2) is 0 Å². The number of ether oxygens (including phenoxy) is 1. The quantitative estimate of drug-likeness (QED) is 0.280. The smallest absolute Gasteiger partial charge is 0.191 e. The lowest BCUT2D eigenvalue weighted by Crippen LogP contribution is -2.40. The van der Waals surface area contributed by atoms with Gasteiger partial charge in [0, 0.05) is 16.2 Å². The Kier molecular flexibility index (Phi) is 9.52. The molecule has 0 bridgehead atoms. The Labute approximate surface area is 168 Å². The van der Waals surface area contributed by atoms with Crippen molar-refractivity contribution >= 4 is 52.5 Å². The molecule has 3 N–H and O–H groups in total. The number of nitrogens with one attached hydrogen (secondary N) is 2. The Morgan fingerprint density at radius 2 is 2.09 bits per heavy atom. The number of guanidine groups is 1. The third kappa shape index (κ3) is 7.88. The highest BCUT2D eigenvalue weighted by atomic mass is 127. The van der Waals surface area contributed by atoms with E-state index in [9.17, 15) is 5.11 Å². The van der Waals surface area contributed by atoms with Crippen LogP contribution in [-0.4, -0.2) is 42.9 Å². The SMILES string of the molecule is CCNC(=NCC(O)COc1ccc(I)cc1)NC1CC1C.I. The van der Waals surface area contributed by atoms with Crippen LogP contribution in [0.15, 0.2) is 29.3 Å². The molecule has 2 rings (SSSR count). The summed E-state index contributed by atoms with van der Waals surface area (Å²) in [4.78, 5) is 4.42. The van der Waals surface area contributed by atoms with Gasteiger partial charge in [-0.05, 0) is 66.1 Å². The first-order valence-corrected chi connectivity index (χ1v) is 8.77. The summed E-state index contributed by atoms with van der Waals surface area (Å²) in [6, 6.07) is 8.27. The van der Waals surface area contributed by atoms with E-state index in [1.165, 1.54) is 6.42 Å². The highest BCUT2D eigenvalue weighted by Crippen LogP contribution is 2.28. The van der Waals surface area contributed by atoms with Crippen molar-refractivity contribution < 1.29 is 9.84 Å². The van der Waals surface area contributed by atoms with Gasteiger partial charge in [-0.1, -0.05) is 6.92 Å². The molecule has 1 aliphatic rings. The van der Waals surface area contributed by atoms with Crippen molar-refractivity contribution in [2.45, 2.75) is 32.4 Å². The lowest BCUT2D eigenvalue weighted by Gasteiger charge is -2.13. The van der Waals surface area contributed by atoms with Crippen molar-refractivity contribution in [3.8, 4) is 5.75 Å². The Bertz CT molecular complexity index is 497. The average molecular weight is 545 g/mol. The number of aliphatic hydroxyl groups is 1. The van der Waals surface area contributed by atoms with Gasteiger partial charge in [0.05, 0.1) is 6.54 Å². The summed E-state index contributed by atoms with van der Waals surface area (Å²) < 4.78 is 6.72. The number of benzene rings is 1. The molecule has 0 radical (unpaired) electrons. The van der Waals surface area contributed by atoms with Crippen LogP contribution in [0.25, 0.3) is 0 Å². The summed E-state index contributed by atoms with van der Waals surface area (Å²) in [5, 5.41) is 16.6. The third-order valence-corrected chi connectivity index (χ3v) is 4.21. The lowest BCUT2D eigenvalue weighted by molar-refractivity contribution is 0.114. The first-order valence-electron chi connectivity index (χ1n) is 7.69. The standard InChI is InChI=1S/C16H24IN3O2.HI/c1-3-18-16(20-15-8-11(15)2)19-9-13(21)10-22-14-6-4-12(17)5-7-14;/h4-7,11,13,15,21H,3,8-10H2,1-2H3,(H2,18,19,20);1H. The summed E-state index contributed by atoms with van der Waals surface area (Å²) in [6.07, 6.45) is 0.564. The zero-order valence-electron chi connectivity index (χ0n) is 13.5. The maximum Gasteiger partial charge on any atom is 0.191 e. The summed E-state index contributed by atoms with van der Waals surface area (Å²) in [5.41, 5.74) is 0. The van der Waals surface area contributed by atoms with Crippen molar-refractivity contribution in [3.05, 3.63) is 27.8 Å². The summed E-state index contributed by atoms with van der Waals surface area (Å²) >= 11 is 2.25. The van der Waals surface area contributed by atoms with Crippen LogP contribution in [0.3, 0.4) is 0 Å². The molecule has 0 aliphatic heterocycles. The van der Waals surface area contributed by atoms with E-state index in [1.54, 1.807) is 0 Å². The van der Waals surface area contributed by atoms with Crippen LogP contribution in [-0.2, 0) is 0 Å². The van der Waals surface area contributed by atoms with Crippen LogP contribution in [0.5, 0.6) is 5.75 Å². The number of hydrogen-bond donors (Lipinski definition) is 3. The van der Waals surface area contributed by atoms with E-state index < -0.39 is 6.10 Å². The minimum Gasteiger partial charge on any atom is -0.491 e. The van der Waals surface area contributed by atoms with Crippen LogP contribution in [0, 0.1) is 9.49 Å². The van der Waals surface area contributed by atoms with Crippen molar-refractivity contribution in [1.82, 2.24) is 10.6 Å². The van der Waals surface area contributed by atoms with Gasteiger partial charge >= 0.3 is 0 Å². The molecule has 1 saturated carbocycles. The number of aliphatic hydroxyl groups excluding tert-OH is 1. The van der Waals surface area contributed by atoms with Gasteiger partial charge in [-0.15, -0.1) is 24.0 Å². The fourth-order valence-corrected chi connectivity index (χ4v) is 2.35. The monoisotopic (exact) mass is 545 g/mol. The Balaban J connectivity index is 0.00000264. The largest absolute Gasteiger partial charge is 0.491 e. The highest BCUT2D eigenvalue weighted by Gasteiger charge is 2.33. The van der Waals surface area contributed by atoms with Gasteiger partial charge < -0.3 is 20.5 Å². The summed E-state index contributed by atoms with van der Waals surface area (Å²) in [6.45, 7) is 5.61. The van der Waals surface area contributed by atoms with E-state index in [4.69, 9.17) is 4.74 Å². The van der Waals surface area contributed by atoms with E-state index in [0.29, 0.717) is 18.5 Å². The lowest BCUT2D eigenvalue weighted by atomic mass is 10.3. The first-order chi connectivity index (χ1) is 10.6. The second kappa shape index (κ2) is 10.5. The minimum absolute atomic E-state index is 0. The van der Waals surface area contributed by atoms with Gasteiger partial charge in [0.15, 0.2) is 5.96 Å². The second-order valence-electron chi connectivity index (χ2n) is 5.60. The van der Waals surface area contributed by atoms with Crippen LogP contribution < -0.4 is 15.4 Å². The average Bonchev–Trinajstić information content (AvgIpc) is 3.19. The molecular weight excluding hydrogens is 520 g/mol. The molecule has 23 heavy (non-hydrogen) atoms. The maximum absolute atomic E-state index is 9.99. The summed E-state index contributed by atoms with van der Waals surface area (Å²) in [7, 11) is 0. The normalized spacial score (nSPS) is 21.1. The molecule has 0 saturated heterocycles. The Morgan fingerprint density at radius 3 is 2.65 bits per heavy atom. The van der Waals surface area contributed by atoms with Crippen LogP contribution >= 0.6 is 46.6 Å². The number of rotatable bonds is 7. The van der Waals surface area contributed by atoms with E-state index in [-0.39, 0.29) is 30.6 Å². The zero-order valence-corrected chi connectivity index (χ0v) is 17.9. The predicted octanol–water partition coefficient (Wildman–Crippen LogP) is 2.61. The van der Waals surface area contributed by atoms with Crippen LogP contribution in [0.4, 0.5) is 0 Å². The molecule has 0 aromatic heterocycles. The molecule has 1 fully saturated rings. The molecule has 0 spiro atoms. The molecule has 3 atom stereocenters. The topological polar surface area (TPSA) is 65.9 Å². The molecular formula is C16H25I2N3O2. The highest BCUT2D eigenvalue weighted by molar-refractivity contribution is 14.1. The number of nitrogens with zero attached hydrogens (tertiary/aromatic N) is 1. The van der Waals surface area contributed by atoms with Crippen molar-refractivity contribution in [2.75, 3.05) is 19.7 Å². The Hall–Kier alpha value is -0.290. The number of aliphatic imine (C=N–C) groups is 1. The van der Waals surface area contributed by atoms with Crippen molar-refractivity contribution in [3.63, 3.8) is 0 Å². The van der Waals surface area contributed by atoms with E-state index in [2.05, 4.69) is 45.1 Å². The first kappa shape index (κ1) is 20.8. The van der Waals surface area contributed by atoms with Gasteiger partial charge in [0.2, 0.25) is 0 Å². The van der Waals surface area contributed by atoms with E-state index >= 15 is 0 Å². The molecule has 0 heterocycles. The summed E-state index contributed by atoms with van der Waals surface area (Å²) in [5.74, 6) is 2.24. The molecule has 5 nitrogen and oxygen atoms in total. The van der Waals surface area contributed by atoms with Crippen LogP contribution in [0.2, 0.25) is 0 Å². The molecule has 1 aliphatic carbocycles. The van der Waals surface area contributed by atoms with Crippen molar-refractivity contribution in [2.24, 2.45) is 10.9 Å². The minimum atomic E-state index is -0.619. The fourth-order valence-electron chi connectivity index (χ4n) is 1.99. The number of hydrogen-bond acceptors (Lipinski definition) is 3. The van der Waals surface area contributed by atoms with E-state index in [1.807, 2.05) is 31.2 Å². The van der Waals surface area contributed by atoms with Crippen LogP contribution in [0.1, 0.15) is 20.3 Å². The zero-order chi connectivity index (χ0) is 15.9. The predicted molar refractivity (Wildman–Crippen MR) is 113 cm³/mol. The molecule has 1 aromatic rings. The molecule has 130 valence electrons. The fraction of sp³-hybridized carbons (Fsp3) is 0.562. The van der Waals surface area contributed by atoms with Crippen molar-refractivity contribution in [1.29, 1.82) is 0 Å². The third-order valence-electron chi connectivity index (χ3n) is 3.49. The number of halogens is 2. The maximum atomic E-state index is 9.99. The van der Waals surface area contributed by atoms with E-state index in [0.717, 1.165) is 21.8 Å².